The number of hydrogen-bond donors (Lipinski definition) is 2. The number of amides is 1. The summed E-state index contributed by atoms with van der Waals surface area (Å²) in [7, 11) is 0. The van der Waals surface area contributed by atoms with Crippen LogP contribution in [0, 0.1) is 17.0 Å². The van der Waals surface area contributed by atoms with Crippen LogP contribution in [0.2, 0.25) is 0 Å². The normalized spacial score (nSPS) is 10.5. The average Bonchev–Trinajstić information content (AvgIpc) is 3.16. The first-order valence-electron chi connectivity index (χ1n) is 6.32. The lowest BCUT2D eigenvalue weighted by atomic mass is 10.2. The van der Waals surface area contributed by atoms with Crippen LogP contribution in [0.25, 0.3) is 10.6 Å². The van der Waals surface area contributed by atoms with Crippen molar-refractivity contribution in [2.24, 2.45) is 0 Å². The zero-order valence-electron chi connectivity index (χ0n) is 11.7. The van der Waals surface area contributed by atoms with Crippen molar-refractivity contribution in [3.05, 3.63) is 45.0 Å². The lowest BCUT2D eigenvalue weighted by Gasteiger charge is -1.98. The van der Waals surface area contributed by atoms with E-state index in [9.17, 15) is 14.9 Å². The summed E-state index contributed by atoms with van der Waals surface area (Å²) >= 11 is 1.06. The Hall–Kier alpha value is -3.21. The van der Waals surface area contributed by atoms with Gasteiger partial charge in [0.15, 0.2) is 0 Å². The Kier molecular flexibility index (Phi) is 3.76. The fourth-order valence-corrected chi connectivity index (χ4v) is 2.91. The molecule has 0 unspecified atom stereocenters. The second-order valence-corrected chi connectivity index (χ2v) is 5.41. The first kappa shape index (κ1) is 14.7. The van der Waals surface area contributed by atoms with Gasteiger partial charge in [-0.2, -0.15) is 0 Å². The van der Waals surface area contributed by atoms with E-state index in [-0.39, 0.29) is 11.6 Å². The molecule has 0 bridgehead atoms. The number of aryl methyl sites for hydroxylation is 1. The number of carbonyl (C=O) groups excluding carboxylic acids is 1. The van der Waals surface area contributed by atoms with E-state index < -0.39 is 10.8 Å². The molecule has 23 heavy (non-hydrogen) atoms. The summed E-state index contributed by atoms with van der Waals surface area (Å²) in [6.45, 7) is 1.66. The molecule has 2 aromatic heterocycles. The van der Waals surface area contributed by atoms with Gasteiger partial charge >= 0.3 is 0 Å². The van der Waals surface area contributed by atoms with Crippen LogP contribution in [0.15, 0.2) is 24.3 Å². The van der Waals surface area contributed by atoms with E-state index in [4.69, 9.17) is 0 Å². The number of para-hydroxylation sites is 1. The number of anilines is 1. The average molecular weight is 331 g/mol. The fraction of sp³-hybridized carbons (Fsp3) is 0.0833. The monoisotopic (exact) mass is 331 g/mol. The summed E-state index contributed by atoms with van der Waals surface area (Å²) in [4.78, 5) is 27.4. The van der Waals surface area contributed by atoms with Crippen LogP contribution < -0.4 is 5.32 Å². The summed E-state index contributed by atoms with van der Waals surface area (Å²) in [5.41, 5.74) is 0.770. The number of hydrogen-bond acceptors (Lipinski definition) is 8. The number of thiazole rings is 1. The van der Waals surface area contributed by atoms with Crippen LogP contribution in [0.1, 0.15) is 15.4 Å². The number of nitro benzene ring substituents is 1. The first-order chi connectivity index (χ1) is 11.1. The second-order valence-electron chi connectivity index (χ2n) is 4.41. The molecule has 3 rings (SSSR count). The molecule has 3 aromatic rings. The van der Waals surface area contributed by atoms with E-state index in [2.05, 4.69) is 30.9 Å². The number of nitro groups is 1. The lowest BCUT2D eigenvalue weighted by Crippen LogP contribution is -2.12. The largest absolute Gasteiger partial charge is 0.289 e. The molecule has 0 radical (unpaired) electrons. The molecule has 0 aliphatic rings. The topological polar surface area (TPSA) is 140 Å². The molecule has 1 amide bonds. The van der Waals surface area contributed by atoms with E-state index in [1.807, 2.05) is 0 Å². The fourth-order valence-electron chi connectivity index (χ4n) is 1.91. The number of rotatable bonds is 4. The SMILES string of the molecule is Cc1nc(-c2ccccc2[N+](=O)[O-])sc1C(=O)Nc1nnn[nH]1. The Bertz CT molecular complexity index is 875. The molecule has 0 aliphatic heterocycles. The smallest absolute Gasteiger partial charge is 0.279 e. The molecule has 11 heteroatoms. The molecule has 0 fully saturated rings. The van der Waals surface area contributed by atoms with Crippen molar-refractivity contribution >= 4 is 28.9 Å². The van der Waals surface area contributed by atoms with Crippen LogP contribution in [0.5, 0.6) is 0 Å². The highest BCUT2D eigenvalue weighted by Gasteiger charge is 2.22. The van der Waals surface area contributed by atoms with E-state index in [1.165, 1.54) is 6.07 Å². The summed E-state index contributed by atoms with van der Waals surface area (Å²) in [6.07, 6.45) is 0. The maximum atomic E-state index is 12.2. The Balaban J connectivity index is 1.95. The molecule has 0 saturated heterocycles. The lowest BCUT2D eigenvalue weighted by molar-refractivity contribution is -0.384. The summed E-state index contributed by atoms with van der Waals surface area (Å²) < 4.78 is 0. The molecule has 0 aliphatic carbocycles. The third-order valence-corrected chi connectivity index (χ3v) is 4.10. The van der Waals surface area contributed by atoms with Gasteiger partial charge in [0.1, 0.15) is 9.88 Å². The van der Waals surface area contributed by atoms with Gasteiger partial charge in [-0.3, -0.25) is 20.2 Å². The summed E-state index contributed by atoms with van der Waals surface area (Å²) in [5.74, 6) is -0.335. The number of H-pyrrole nitrogens is 1. The van der Waals surface area contributed by atoms with Crippen LogP contribution in [0.4, 0.5) is 11.6 Å². The van der Waals surface area contributed by atoms with E-state index in [0.29, 0.717) is 21.1 Å². The van der Waals surface area contributed by atoms with E-state index in [0.717, 1.165) is 11.3 Å². The number of aromatic nitrogens is 5. The van der Waals surface area contributed by atoms with Crippen molar-refractivity contribution in [3.63, 3.8) is 0 Å². The minimum atomic E-state index is -0.480. The number of carbonyl (C=O) groups is 1. The van der Waals surface area contributed by atoms with Crippen LogP contribution >= 0.6 is 11.3 Å². The minimum absolute atomic E-state index is 0.0624. The van der Waals surface area contributed by atoms with Crippen molar-refractivity contribution in [2.75, 3.05) is 5.32 Å². The highest BCUT2D eigenvalue weighted by Crippen LogP contribution is 2.34. The van der Waals surface area contributed by atoms with Crippen molar-refractivity contribution < 1.29 is 9.72 Å². The van der Waals surface area contributed by atoms with Gasteiger partial charge in [-0.15, -0.1) is 11.3 Å². The Morgan fingerprint density at radius 3 is 2.87 bits per heavy atom. The van der Waals surface area contributed by atoms with Crippen LogP contribution in [0.3, 0.4) is 0 Å². The molecule has 1 aromatic carbocycles. The van der Waals surface area contributed by atoms with Gasteiger partial charge in [-0.1, -0.05) is 17.2 Å². The molecule has 2 heterocycles. The van der Waals surface area contributed by atoms with Crippen LogP contribution in [-0.2, 0) is 0 Å². The van der Waals surface area contributed by atoms with Crippen molar-refractivity contribution in [2.45, 2.75) is 6.92 Å². The molecule has 2 N–H and O–H groups in total. The minimum Gasteiger partial charge on any atom is -0.289 e. The maximum Gasteiger partial charge on any atom is 0.279 e. The molecular weight excluding hydrogens is 322 g/mol. The van der Waals surface area contributed by atoms with Crippen molar-refractivity contribution in [1.29, 1.82) is 0 Å². The Labute approximate surface area is 132 Å². The van der Waals surface area contributed by atoms with Gasteiger partial charge in [-0.25, -0.2) is 10.1 Å². The van der Waals surface area contributed by atoms with Gasteiger partial charge in [0, 0.05) is 6.07 Å². The molecule has 0 spiro atoms. The predicted octanol–water partition coefficient (Wildman–Crippen LogP) is 1.79. The Morgan fingerprint density at radius 2 is 2.17 bits per heavy atom. The molecule has 0 atom stereocenters. The molecular formula is C12H9N7O3S. The quantitative estimate of drug-likeness (QED) is 0.548. The molecule has 10 nitrogen and oxygen atoms in total. The number of nitrogens with zero attached hydrogens (tertiary/aromatic N) is 5. The maximum absolute atomic E-state index is 12.2. The van der Waals surface area contributed by atoms with Gasteiger partial charge in [0.25, 0.3) is 11.6 Å². The van der Waals surface area contributed by atoms with Crippen molar-refractivity contribution in [1.82, 2.24) is 25.6 Å². The highest BCUT2D eigenvalue weighted by atomic mass is 32.1. The van der Waals surface area contributed by atoms with Gasteiger partial charge in [0.05, 0.1) is 16.2 Å². The number of aromatic amines is 1. The highest BCUT2D eigenvalue weighted by molar-refractivity contribution is 7.17. The van der Waals surface area contributed by atoms with Gasteiger partial charge in [0.2, 0.25) is 5.95 Å². The molecule has 0 saturated carbocycles. The van der Waals surface area contributed by atoms with Gasteiger partial charge < -0.3 is 0 Å². The van der Waals surface area contributed by atoms with Crippen LogP contribution in [-0.4, -0.2) is 36.4 Å². The standard InChI is InChI=1S/C12H9N7O3S/c1-6-9(10(20)14-12-15-17-18-16-12)23-11(13-6)7-4-2-3-5-8(7)19(21)22/h2-5H,1H3,(H2,14,15,16,17,18,20). The third-order valence-electron chi connectivity index (χ3n) is 2.91. The number of benzene rings is 1. The Morgan fingerprint density at radius 1 is 1.39 bits per heavy atom. The third kappa shape index (κ3) is 2.89. The summed E-state index contributed by atoms with van der Waals surface area (Å²) in [5, 5.41) is 26.7. The zero-order chi connectivity index (χ0) is 16.4. The molecule has 116 valence electrons. The van der Waals surface area contributed by atoms with E-state index in [1.54, 1.807) is 25.1 Å². The predicted molar refractivity (Wildman–Crippen MR) is 81.1 cm³/mol. The second kappa shape index (κ2) is 5.88. The van der Waals surface area contributed by atoms with E-state index >= 15 is 0 Å². The van der Waals surface area contributed by atoms with Crippen molar-refractivity contribution in [3.8, 4) is 10.6 Å². The first-order valence-corrected chi connectivity index (χ1v) is 7.14. The zero-order valence-corrected chi connectivity index (χ0v) is 12.5. The van der Waals surface area contributed by atoms with Gasteiger partial charge in [-0.05, 0) is 23.4 Å². The summed E-state index contributed by atoms with van der Waals surface area (Å²) in [6, 6.07) is 6.25. The number of tetrazole rings is 1. The number of nitrogens with one attached hydrogen (secondary N) is 2.